The van der Waals surface area contributed by atoms with Gasteiger partial charge in [-0.05, 0) is 31.5 Å². The van der Waals surface area contributed by atoms with Gasteiger partial charge in [0.25, 0.3) is 0 Å². The first kappa shape index (κ1) is 20.5. The predicted molar refractivity (Wildman–Crippen MR) is 98.9 cm³/mol. The van der Waals surface area contributed by atoms with Gasteiger partial charge in [0.05, 0.1) is 6.61 Å². The highest BCUT2D eigenvalue weighted by atomic mass is 79.9. The molecule has 1 heterocycles. The van der Waals surface area contributed by atoms with Crippen LogP contribution in [-0.2, 0) is 6.18 Å². The van der Waals surface area contributed by atoms with Gasteiger partial charge < -0.3 is 9.64 Å². The second-order valence-electron chi connectivity index (χ2n) is 5.67. The summed E-state index contributed by atoms with van der Waals surface area (Å²) < 4.78 is 45.9. The van der Waals surface area contributed by atoms with Crippen molar-refractivity contribution in [3.8, 4) is 5.88 Å². The normalized spacial score (nSPS) is 11.5. The van der Waals surface area contributed by atoms with Crippen LogP contribution in [-0.4, -0.2) is 23.1 Å². The third-order valence-corrected chi connectivity index (χ3v) is 4.20. The Morgan fingerprint density at radius 1 is 1.19 bits per heavy atom. The monoisotopic (exact) mass is 431 g/mol. The van der Waals surface area contributed by atoms with E-state index >= 15 is 0 Å². The summed E-state index contributed by atoms with van der Waals surface area (Å²) in [4.78, 5) is 9.72. The topological polar surface area (TPSA) is 38.2 Å². The molecule has 1 aromatic carbocycles. The number of unbranched alkanes of at least 4 members (excludes halogenated alkanes) is 2. The molecule has 0 aliphatic carbocycles. The van der Waals surface area contributed by atoms with Crippen molar-refractivity contribution in [1.82, 2.24) is 9.97 Å². The number of hydrogen-bond acceptors (Lipinski definition) is 4. The number of aromatic nitrogens is 2. The number of hydrogen-bond donors (Lipinski definition) is 0. The first-order chi connectivity index (χ1) is 12.4. The van der Waals surface area contributed by atoms with Gasteiger partial charge in [-0.1, -0.05) is 41.8 Å². The minimum atomic E-state index is -4.56. The molecule has 0 radical (unpaired) electrons. The Morgan fingerprint density at radius 3 is 2.58 bits per heavy atom. The van der Waals surface area contributed by atoms with Crippen molar-refractivity contribution in [2.24, 2.45) is 0 Å². The average molecular weight is 432 g/mol. The van der Waals surface area contributed by atoms with E-state index in [4.69, 9.17) is 4.74 Å². The lowest BCUT2D eigenvalue weighted by atomic mass is 10.2. The van der Waals surface area contributed by atoms with E-state index in [1.807, 2.05) is 38.1 Å². The van der Waals surface area contributed by atoms with Crippen LogP contribution in [0.3, 0.4) is 0 Å². The van der Waals surface area contributed by atoms with Crippen LogP contribution in [0.5, 0.6) is 5.88 Å². The smallest absolute Gasteiger partial charge is 0.423 e. The Balaban J connectivity index is 2.36. The quantitative estimate of drug-likeness (QED) is 0.481. The molecule has 4 nitrogen and oxygen atoms in total. The Morgan fingerprint density at radius 2 is 1.96 bits per heavy atom. The number of alkyl halides is 3. The van der Waals surface area contributed by atoms with Crippen LogP contribution >= 0.6 is 15.9 Å². The molecule has 8 heteroatoms. The number of halogens is 4. The zero-order valence-electron chi connectivity index (χ0n) is 14.7. The molecule has 0 aliphatic rings. The van der Waals surface area contributed by atoms with E-state index in [0.29, 0.717) is 13.0 Å². The summed E-state index contributed by atoms with van der Waals surface area (Å²) in [6, 6.07) is 7.41. The molecule has 1 aromatic heterocycles. The van der Waals surface area contributed by atoms with Gasteiger partial charge in [0.2, 0.25) is 11.8 Å². The Hall–Kier alpha value is -1.83. The Labute approximate surface area is 159 Å². The highest BCUT2D eigenvalue weighted by Gasteiger charge is 2.36. The standard InChI is InChI=1S/C18H21BrF3N3O/c1-3-5-6-10-26-16-15(18(20,21)22)12-23-17(24-16)25(4-2)14-9-7-8-13(19)11-14/h7-9,11-12H,3-6,10H2,1-2H3. The molecule has 0 spiro atoms. The maximum Gasteiger partial charge on any atom is 0.423 e. The molecule has 0 saturated heterocycles. The van der Waals surface area contributed by atoms with Gasteiger partial charge >= 0.3 is 6.18 Å². The van der Waals surface area contributed by atoms with Gasteiger partial charge in [0.15, 0.2) is 0 Å². The maximum absolute atomic E-state index is 13.2. The summed E-state index contributed by atoms with van der Waals surface area (Å²) >= 11 is 3.39. The number of anilines is 2. The Bertz CT molecular complexity index is 725. The fourth-order valence-electron chi connectivity index (χ4n) is 2.40. The van der Waals surface area contributed by atoms with Gasteiger partial charge in [-0.25, -0.2) is 4.98 Å². The molecule has 0 amide bonds. The molecule has 0 aliphatic heterocycles. The summed E-state index contributed by atoms with van der Waals surface area (Å²) in [7, 11) is 0. The molecule has 0 N–H and O–H groups in total. The maximum atomic E-state index is 13.2. The van der Waals surface area contributed by atoms with E-state index in [0.717, 1.165) is 29.2 Å². The van der Waals surface area contributed by atoms with E-state index in [-0.39, 0.29) is 12.6 Å². The fraction of sp³-hybridized carbons (Fsp3) is 0.444. The highest BCUT2D eigenvalue weighted by Crippen LogP contribution is 2.36. The van der Waals surface area contributed by atoms with Gasteiger partial charge in [0.1, 0.15) is 5.56 Å². The van der Waals surface area contributed by atoms with E-state index in [9.17, 15) is 13.2 Å². The van der Waals surface area contributed by atoms with E-state index in [1.165, 1.54) is 0 Å². The van der Waals surface area contributed by atoms with Crippen LogP contribution in [0.1, 0.15) is 38.7 Å². The summed E-state index contributed by atoms with van der Waals surface area (Å²) in [6.45, 7) is 4.58. The molecular formula is C18H21BrF3N3O. The molecule has 2 aromatic rings. The SMILES string of the molecule is CCCCCOc1nc(N(CC)c2cccc(Br)c2)ncc1C(F)(F)F. The zero-order valence-corrected chi connectivity index (χ0v) is 16.3. The summed E-state index contributed by atoms with van der Waals surface area (Å²) in [6.07, 6.45) is -1.25. The van der Waals surface area contributed by atoms with Gasteiger partial charge in [-0.3, -0.25) is 0 Å². The van der Waals surface area contributed by atoms with Crippen LogP contribution in [0.25, 0.3) is 0 Å². The predicted octanol–water partition coefficient (Wildman–Crippen LogP) is 5.98. The summed E-state index contributed by atoms with van der Waals surface area (Å²) in [5, 5.41) is 0. The second kappa shape index (κ2) is 9.21. The van der Waals surface area contributed by atoms with Crippen molar-refractivity contribution in [2.75, 3.05) is 18.1 Å². The summed E-state index contributed by atoms with van der Waals surface area (Å²) in [5.74, 6) is -0.254. The van der Waals surface area contributed by atoms with Crippen molar-refractivity contribution < 1.29 is 17.9 Å². The van der Waals surface area contributed by atoms with E-state index in [1.54, 1.807) is 4.90 Å². The molecule has 26 heavy (non-hydrogen) atoms. The zero-order chi connectivity index (χ0) is 19.2. The molecule has 0 saturated carbocycles. The number of benzene rings is 1. The van der Waals surface area contributed by atoms with Crippen LogP contribution < -0.4 is 9.64 Å². The molecule has 0 unspecified atom stereocenters. The average Bonchev–Trinajstić information content (AvgIpc) is 2.59. The minimum absolute atomic E-state index is 0.170. The van der Waals surface area contributed by atoms with Gasteiger partial charge in [-0.2, -0.15) is 18.2 Å². The lowest BCUT2D eigenvalue weighted by molar-refractivity contribution is -0.139. The third kappa shape index (κ3) is 5.33. The van der Waals surface area contributed by atoms with Crippen LogP contribution in [0.15, 0.2) is 34.9 Å². The van der Waals surface area contributed by atoms with Crippen molar-refractivity contribution in [1.29, 1.82) is 0 Å². The van der Waals surface area contributed by atoms with Crippen molar-refractivity contribution in [2.45, 2.75) is 39.3 Å². The lowest BCUT2D eigenvalue weighted by Crippen LogP contribution is -2.21. The minimum Gasteiger partial charge on any atom is -0.477 e. The molecular weight excluding hydrogens is 411 g/mol. The van der Waals surface area contributed by atoms with Crippen molar-refractivity contribution in [3.63, 3.8) is 0 Å². The molecule has 0 bridgehead atoms. The van der Waals surface area contributed by atoms with Gasteiger partial charge in [-0.15, -0.1) is 0 Å². The molecule has 0 atom stereocenters. The largest absolute Gasteiger partial charge is 0.477 e. The van der Waals surface area contributed by atoms with Crippen LogP contribution in [0, 0.1) is 0 Å². The highest BCUT2D eigenvalue weighted by molar-refractivity contribution is 9.10. The van der Waals surface area contributed by atoms with Crippen LogP contribution in [0.4, 0.5) is 24.8 Å². The third-order valence-electron chi connectivity index (χ3n) is 3.71. The molecule has 2 rings (SSSR count). The number of ether oxygens (including phenoxy) is 1. The number of nitrogens with zero attached hydrogens (tertiary/aromatic N) is 3. The molecule has 142 valence electrons. The number of rotatable bonds is 8. The fourth-order valence-corrected chi connectivity index (χ4v) is 2.78. The summed E-state index contributed by atoms with van der Waals surface area (Å²) in [5.41, 5.74) is -0.179. The van der Waals surface area contributed by atoms with Crippen molar-refractivity contribution >= 4 is 27.6 Å². The van der Waals surface area contributed by atoms with Gasteiger partial charge in [0, 0.05) is 22.9 Å². The second-order valence-corrected chi connectivity index (χ2v) is 6.58. The van der Waals surface area contributed by atoms with Crippen LogP contribution in [0.2, 0.25) is 0 Å². The van der Waals surface area contributed by atoms with E-state index < -0.39 is 17.6 Å². The lowest BCUT2D eigenvalue weighted by Gasteiger charge is -2.22. The molecule has 0 fully saturated rings. The first-order valence-corrected chi connectivity index (χ1v) is 9.26. The Kier molecular flexibility index (Phi) is 7.25. The van der Waals surface area contributed by atoms with Crippen molar-refractivity contribution in [3.05, 3.63) is 40.5 Å². The first-order valence-electron chi connectivity index (χ1n) is 8.47. The van der Waals surface area contributed by atoms with E-state index in [2.05, 4.69) is 25.9 Å².